The summed E-state index contributed by atoms with van der Waals surface area (Å²) in [6.45, 7) is -1.32. The van der Waals surface area contributed by atoms with E-state index in [2.05, 4.69) is 9.98 Å². The van der Waals surface area contributed by atoms with E-state index in [1.807, 2.05) is 0 Å². The molecule has 2 heterocycles. The third-order valence-electron chi connectivity index (χ3n) is 4.93. The number of alkyl halides is 4. The molecule has 8 nitrogen and oxygen atoms in total. The molecule has 0 spiro atoms. The average Bonchev–Trinajstić information content (AvgIpc) is 2.89. The summed E-state index contributed by atoms with van der Waals surface area (Å²) in [7, 11) is 0. The number of carbonyl (C=O) groups is 2. The van der Waals surface area contributed by atoms with E-state index in [-0.39, 0.29) is 42.3 Å². The zero-order valence-corrected chi connectivity index (χ0v) is 18.4. The number of carboxylic acid groups (broad SMARTS) is 1. The fourth-order valence-electron chi connectivity index (χ4n) is 3.20. The van der Waals surface area contributed by atoms with E-state index in [1.165, 1.54) is 18.2 Å². The number of carbonyl (C=O) groups excluding carboxylic acids is 1. The molecule has 0 saturated heterocycles. The number of ether oxygens (including phenoxy) is 2. The van der Waals surface area contributed by atoms with Crippen LogP contribution in [0.3, 0.4) is 0 Å². The molecular formula is C22H22F5N3O5. The maximum Gasteiger partial charge on any atom is 0.299 e. The van der Waals surface area contributed by atoms with Crippen LogP contribution in [0, 0.1) is 5.82 Å². The minimum Gasteiger partial charge on any atom is -0.486 e. The van der Waals surface area contributed by atoms with Crippen LogP contribution >= 0.6 is 0 Å². The molecule has 1 aromatic carbocycles. The number of Topliss-reactive ketones (excluding diaryl/α,β-unsaturated/α-hetero) is 1. The summed E-state index contributed by atoms with van der Waals surface area (Å²) in [5.74, 6) is -5.13. The van der Waals surface area contributed by atoms with Crippen molar-refractivity contribution in [2.45, 2.75) is 31.2 Å². The van der Waals surface area contributed by atoms with Gasteiger partial charge in [-0.15, -0.1) is 0 Å². The van der Waals surface area contributed by atoms with Crippen LogP contribution in [0.2, 0.25) is 0 Å². The Hall–Kier alpha value is -3.61. The number of nitrogens with two attached hydrogens (primary N) is 1. The number of rotatable bonds is 7. The van der Waals surface area contributed by atoms with Crippen LogP contribution in [0.25, 0.3) is 0 Å². The highest BCUT2D eigenvalue weighted by atomic mass is 19.3. The predicted molar refractivity (Wildman–Crippen MR) is 114 cm³/mol. The highest BCUT2D eigenvalue weighted by molar-refractivity contribution is 5.95. The molecule has 2 aromatic rings. The molecule has 3 rings (SSSR count). The van der Waals surface area contributed by atoms with Gasteiger partial charge >= 0.3 is 0 Å². The van der Waals surface area contributed by atoms with E-state index >= 15 is 0 Å². The number of nitrogens with zero attached hydrogens (tertiary/aromatic N) is 2. The lowest BCUT2D eigenvalue weighted by Gasteiger charge is -2.33. The molecule has 1 aromatic heterocycles. The van der Waals surface area contributed by atoms with Gasteiger partial charge in [0.15, 0.2) is 11.3 Å². The van der Waals surface area contributed by atoms with E-state index in [1.54, 1.807) is 0 Å². The standard InChI is InChI=1S/C21H20F5N3O3.CH2O2/c1-20(21(25,26)11-31-10-19(27)29-20)14-6-12(2-4-15(14)22)7-17(30)16-5-3-13(8-28-16)32-9-18(23)24;2-1-3/h2-6,8,18H,7,9-11H2,1H3,(H2,27,29);1H,(H,2,3)/t20-;/m1./s1. The lowest BCUT2D eigenvalue weighted by molar-refractivity contribution is -0.122. The van der Waals surface area contributed by atoms with Gasteiger partial charge in [-0.3, -0.25) is 14.6 Å². The third kappa shape index (κ3) is 6.94. The van der Waals surface area contributed by atoms with Crippen molar-refractivity contribution in [2.24, 2.45) is 10.7 Å². The molecule has 0 radical (unpaired) electrons. The van der Waals surface area contributed by atoms with Gasteiger partial charge in [0.2, 0.25) is 0 Å². The number of aliphatic imine (C=N–C) groups is 1. The summed E-state index contributed by atoms with van der Waals surface area (Å²) in [6, 6.07) is 6.01. The zero-order chi connectivity index (χ0) is 26.2. The summed E-state index contributed by atoms with van der Waals surface area (Å²) in [4.78, 5) is 28.6. The SMILES string of the molecule is C[C@]1(c2cc(CC(=O)c3ccc(OCC(F)F)cn3)ccc2F)N=C(N)COCC1(F)F.O=CO. The van der Waals surface area contributed by atoms with E-state index in [0.717, 1.165) is 25.3 Å². The smallest absolute Gasteiger partial charge is 0.299 e. The number of ketones is 1. The van der Waals surface area contributed by atoms with Gasteiger partial charge in [0, 0.05) is 12.0 Å². The second kappa shape index (κ2) is 11.7. The van der Waals surface area contributed by atoms with Crippen LogP contribution in [-0.4, -0.2) is 60.4 Å². The fourth-order valence-corrected chi connectivity index (χ4v) is 3.20. The first-order chi connectivity index (χ1) is 16.4. The third-order valence-corrected chi connectivity index (χ3v) is 4.93. The molecule has 1 aliphatic rings. The number of hydrogen-bond donors (Lipinski definition) is 2. The number of pyridine rings is 1. The lowest BCUT2D eigenvalue weighted by atomic mass is 9.84. The molecule has 0 fully saturated rings. The van der Waals surface area contributed by atoms with E-state index in [9.17, 15) is 26.7 Å². The molecule has 190 valence electrons. The summed E-state index contributed by atoms with van der Waals surface area (Å²) >= 11 is 0. The van der Waals surface area contributed by atoms with E-state index in [4.69, 9.17) is 25.1 Å². The molecule has 0 saturated carbocycles. The minimum absolute atomic E-state index is 0.00180. The van der Waals surface area contributed by atoms with Crippen LogP contribution in [-0.2, 0) is 21.5 Å². The van der Waals surface area contributed by atoms with Crippen LogP contribution in [0.1, 0.15) is 28.5 Å². The largest absolute Gasteiger partial charge is 0.486 e. The van der Waals surface area contributed by atoms with E-state index in [0.29, 0.717) is 0 Å². The molecule has 13 heteroatoms. The van der Waals surface area contributed by atoms with Crippen molar-refractivity contribution in [3.8, 4) is 5.75 Å². The normalized spacial score (nSPS) is 19.1. The number of benzene rings is 1. The monoisotopic (exact) mass is 503 g/mol. The molecular weight excluding hydrogens is 481 g/mol. The van der Waals surface area contributed by atoms with Gasteiger partial charge in [-0.25, -0.2) is 26.9 Å². The van der Waals surface area contributed by atoms with Crippen LogP contribution < -0.4 is 10.5 Å². The van der Waals surface area contributed by atoms with Crippen LogP contribution in [0.5, 0.6) is 5.75 Å². The quantitative estimate of drug-likeness (QED) is 0.338. The molecule has 0 bridgehead atoms. The summed E-state index contributed by atoms with van der Waals surface area (Å²) in [6.07, 6.45) is -1.80. The van der Waals surface area contributed by atoms with Gasteiger partial charge < -0.3 is 20.3 Å². The van der Waals surface area contributed by atoms with Crippen molar-refractivity contribution >= 4 is 18.1 Å². The predicted octanol–water partition coefficient (Wildman–Crippen LogP) is 3.23. The second-order valence-electron chi connectivity index (χ2n) is 7.47. The maximum atomic E-state index is 14.8. The van der Waals surface area contributed by atoms with Crippen LogP contribution in [0.15, 0.2) is 41.5 Å². The Balaban J connectivity index is 0.00000137. The summed E-state index contributed by atoms with van der Waals surface area (Å²) in [5.41, 5.74) is 3.11. The number of hydrogen-bond acceptors (Lipinski definition) is 7. The summed E-state index contributed by atoms with van der Waals surface area (Å²) < 4.78 is 78.1. The fraction of sp³-hybridized carbons (Fsp3) is 0.364. The Labute approximate surface area is 196 Å². The summed E-state index contributed by atoms with van der Waals surface area (Å²) in [5, 5.41) is 6.89. The number of amidine groups is 1. The first-order valence-electron chi connectivity index (χ1n) is 10.00. The van der Waals surface area contributed by atoms with E-state index < -0.39 is 48.3 Å². The van der Waals surface area contributed by atoms with Gasteiger partial charge in [0.1, 0.15) is 42.9 Å². The van der Waals surface area contributed by atoms with Crippen molar-refractivity contribution in [1.29, 1.82) is 0 Å². The Morgan fingerprint density at radius 3 is 2.60 bits per heavy atom. The van der Waals surface area contributed by atoms with Crippen molar-refractivity contribution in [3.05, 3.63) is 59.2 Å². The Kier molecular flexibility index (Phi) is 9.23. The van der Waals surface area contributed by atoms with Crippen molar-refractivity contribution in [1.82, 2.24) is 4.98 Å². The molecule has 0 amide bonds. The zero-order valence-electron chi connectivity index (χ0n) is 18.4. The lowest BCUT2D eigenvalue weighted by Crippen LogP contribution is -2.45. The van der Waals surface area contributed by atoms with Crippen molar-refractivity contribution < 1.29 is 46.1 Å². The van der Waals surface area contributed by atoms with Crippen molar-refractivity contribution in [3.63, 3.8) is 0 Å². The first-order valence-corrected chi connectivity index (χ1v) is 10.00. The molecule has 3 N–H and O–H groups in total. The van der Waals surface area contributed by atoms with Gasteiger partial charge in [-0.05, 0) is 36.8 Å². The molecule has 1 aliphatic heterocycles. The number of halogens is 5. The van der Waals surface area contributed by atoms with Crippen LogP contribution in [0.4, 0.5) is 22.0 Å². The van der Waals surface area contributed by atoms with Gasteiger partial charge in [-0.1, -0.05) is 6.07 Å². The highest BCUT2D eigenvalue weighted by Gasteiger charge is 2.54. The van der Waals surface area contributed by atoms with Gasteiger partial charge in [-0.2, -0.15) is 0 Å². The number of aromatic nitrogens is 1. The molecule has 1 atom stereocenters. The maximum absolute atomic E-state index is 14.8. The minimum atomic E-state index is -3.56. The Morgan fingerprint density at radius 2 is 2.00 bits per heavy atom. The van der Waals surface area contributed by atoms with Crippen molar-refractivity contribution in [2.75, 3.05) is 19.8 Å². The molecule has 0 unspecified atom stereocenters. The Morgan fingerprint density at radius 1 is 1.31 bits per heavy atom. The highest BCUT2D eigenvalue weighted by Crippen LogP contribution is 2.43. The van der Waals surface area contributed by atoms with Gasteiger partial charge in [0.25, 0.3) is 18.8 Å². The topological polar surface area (TPSA) is 124 Å². The molecule has 0 aliphatic carbocycles. The first kappa shape index (κ1) is 27.6. The second-order valence-corrected chi connectivity index (χ2v) is 7.47. The Bertz CT molecular complexity index is 1070. The molecule has 35 heavy (non-hydrogen) atoms. The average molecular weight is 503 g/mol. The van der Waals surface area contributed by atoms with Gasteiger partial charge in [0.05, 0.1) is 6.20 Å².